The second kappa shape index (κ2) is 6.49. The maximum atomic E-state index is 11.9. The van der Waals surface area contributed by atoms with Crippen LogP contribution in [0.2, 0.25) is 0 Å². The van der Waals surface area contributed by atoms with Crippen molar-refractivity contribution in [3.8, 4) is 17.0 Å². The van der Waals surface area contributed by atoms with E-state index in [1.807, 2.05) is 43.4 Å². The van der Waals surface area contributed by atoms with E-state index in [-0.39, 0.29) is 18.0 Å². The number of H-pyrrole nitrogens is 1. The van der Waals surface area contributed by atoms with E-state index in [4.69, 9.17) is 4.74 Å². The molecule has 0 bridgehead atoms. The third-order valence-corrected chi connectivity index (χ3v) is 3.44. The number of fused-ring (bicyclic) bond motifs is 1. The van der Waals surface area contributed by atoms with Crippen molar-refractivity contribution in [2.45, 2.75) is 0 Å². The van der Waals surface area contributed by atoms with E-state index >= 15 is 0 Å². The van der Waals surface area contributed by atoms with E-state index in [0.29, 0.717) is 11.1 Å². The Morgan fingerprint density at radius 1 is 1.09 bits per heavy atom. The molecule has 0 saturated carbocycles. The summed E-state index contributed by atoms with van der Waals surface area (Å²) in [5.41, 5.74) is 2.49. The summed E-state index contributed by atoms with van der Waals surface area (Å²) in [4.78, 5) is 11.9. The summed E-state index contributed by atoms with van der Waals surface area (Å²) in [6, 6.07) is 13.3. The largest absolute Gasteiger partial charge is 0.497 e. The number of aromatic amines is 1. The Labute approximate surface area is 133 Å². The molecule has 114 valence electrons. The zero-order valence-electron chi connectivity index (χ0n) is 12.2. The molecule has 0 atom stereocenters. The fourth-order valence-corrected chi connectivity index (χ4v) is 2.29. The van der Waals surface area contributed by atoms with Crippen LogP contribution in [0.1, 0.15) is 0 Å². The van der Waals surface area contributed by atoms with Crippen molar-refractivity contribution in [2.75, 3.05) is 19.5 Å². The summed E-state index contributed by atoms with van der Waals surface area (Å²) in [5, 5.41) is 11.2. The predicted molar refractivity (Wildman–Crippen MR) is 91.1 cm³/mol. The number of hydrogen-bond acceptors (Lipinski definition) is 4. The molecule has 2 aromatic carbocycles. The van der Waals surface area contributed by atoms with Crippen molar-refractivity contribution >= 4 is 28.9 Å². The molecule has 1 heterocycles. The van der Waals surface area contributed by atoms with E-state index in [0.717, 1.165) is 22.3 Å². The van der Waals surface area contributed by atoms with Crippen LogP contribution in [0.3, 0.4) is 0 Å². The Bertz CT molecular complexity index is 844. The highest BCUT2D eigenvalue weighted by atomic mass is 35.5. The predicted octanol–water partition coefficient (Wildman–Crippen LogP) is 3.06. The molecule has 0 aliphatic heterocycles. The molecule has 0 unspecified atom stereocenters. The van der Waals surface area contributed by atoms with Gasteiger partial charge in [0.25, 0.3) is 5.56 Å². The number of nitrogens with one attached hydrogen (secondary N) is 2. The van der Waals surface area contributed by atoms with E-state index in [9.17, 15) is 4.79 Å². The van der Waals surface area contributed by atoms with E-state index in [1.165, 1.54) is 0 Å². The van der Waals surface area contributed by atoms with Crippen LogP contribution in [0.5, 0.6) is 5.75 Å². The third kappa shape index (κ3) is 2.76. The van der Waals surface area contributed by atoms with Gasteiger partial charge in [-0.1, -0.05) is 12.1 Å². The molecule has 0 radical (unpaired) electrons. The Balaban J connectivity index is 0.00000176. The molecule has 3 aromatic rings. The summed E-state index contributed by atoms with van der Waals surface area (Å²) in [6.45, 7) is 0. The Morgan fingerprint density at radius 2 is 1.82 bits per heavy atom. The van der Waals surface area contributed by atoms with Gasteiger partial charge in [0.2, 0.25) is 0 Å². The first-order chi connectivity index (χ1) is 10.2. The van der Waals surface area contributed by atoms with Gasteiger partial charge in [0, 0.05) is 23.7 Å². The number of nitrogens with zero attached hydrogens (tertiary/aromatic N) is 1. The molecule has 2 N–H and O–H groups in total. The van der Waals surface area contributed by atoms with Gasteiger partial charge < -0.3 is 10.1 Å². The Kier molecular flexibility index (Phi) is 4.68. The van der Waals surface area contributed by atoms with E-state index in [1.54, 1.807) is 13.2 Å². The highest BCUT2D eigenvalue weighted by molar-refractivity contribution is 5.94. The van der Waals surface area contributed by atoms with Gasteiger partial charge in [-0.05, 0) is 30.3 Å². The number of benzene rings is 2. The van der Waals surface area contributed by atoms with Gasteiger partial charge in [0.15, 0.2) is 0 Å². The second-order valence-electron chi connectivity index (χ2n) is 4.64. The number of rotatable bonds is 3. The maximum Gasteiger partial charge on any atom is 0.272 e. The number of methoxy groups -OCH3 is 1. The van der Waals surface area contributed by atoms with Crippen molar-refractivity contribution in [2.24, 2.45) is 0 Å². The SMILES string of the molecule is CNc1ccc(-c2n[nH]c(=O)c3cc(OC)ccc23)cc1.Cl. The normalized spacial score (nSPS) is 10.1. The number of hydrogen-bond donors (Lipinski definition) is 2. The molecule has 5 nitrogen and oxygen atoms in total. The lowest BCUT2D eigenvalue weighted by atomic mass is 10.0. The molecular formula is C16H16ClN3O2. The molecule has 0 saturated heterocycles. The highest BCUT2D eigenvalue weighted by Gasteiger charge is 2.09. The van der Waals surface area contributed by atoms with Gasteiger partial charge in [-0.25, -0.2) is 5.10 Å². The first-order valence-corrected chi connectivity index (χ1v) is 6.57. The molecule has 22 heavy (non-hydrogen) atoms. The van der Waals surface area contributed by atoms with Gasteiger partial charge in [0.05, 0.1) is 18.2 Å². The fraction of sp³-hybridized carbons (Fsp3) is 0.125. The van der Waals surface area contributed by atoms with Crippen LogP contribution in [0, 0.1) is 0 Å². The summed E-state index contributed by atoms with van der Waals surface area (Å²) in [6.07, 6.45) is 0. The smallest absolute Gasteiger partial charge is 0.272 e. The number of anilines is 1. The first kappa shape index (κ1) is 15.9. The summed E-state index contributed by atoms with van der Waals surface area (Å²) < 4.78 is 5.17. The average Bonchev–Trinajstić information content (AvgIpc) is 2.55. The molecule has 1 aromatic heterocycles. The zero-order valence-corrected chi connectivity index (χ0v) is 13.0. The minimum absolute atomic E-state index is 0. The number of ether oxygens (including phenoxy) is 1. The average molecular weight is 318 g/mol. The van der Waals surface area contributed by atoms with Crippen LogP contribution in [0.4, 0.5) is 5.69 Å². The van der Waals surface area contributed by atoms with Crippen molar-refractivity contribution in [1.82, 2.24) is 10.2 Å². The van der Waals surface area contributed by atoms with Gasteiger partial charge in [-0.2, -0.15) is 5.10 Å². The van der Waals surface area contributed by atoms with E-state index < -0.39 is 0 Å². The molecule has 3 rings (SSSR count). The van der Waals surface area contributed by atoms with Crippen LogP contribution in [-0.4, -0.2) is 24.4 Å². The molecule has 0 aliphatic carbocycles. The fourth-order valence-electron chi connectivity index (χ4n) is 2.29. The highest BCUT2D eigenvalue weighted by Crippen LogP contribution is 2.27. The molecule has 0 aliphatic rings. The molecular weight excluding hydrogens is 302 g/mol. The number of aromatic nitrogens is 2. The lowest BCUT2D eigenvalue weighted by molar-refractivity contribution is 0.415. The van der Waals surface area contributed by atoms with Crippen LogP contribution in [0.15, 0.2) is 47.3 Å². The van der Waals surface area contributed by atoms with Crippen molar-refractivity contribution < 1.29 is 4.74 Å². The minimum Gasteiger partial charge on any atom is -0.497 e. The van der Waals surface area contributed by atoms with Gasteiger partial charge in [-0.3, -0.25) is 4.79 Å². The molecule has 0 spiro atoms. The topological polar surface area (TPSA) is 67.0 Å². The zero-order chi connectivity index (χ0) is 14.8. The van der Waals surface area contributed by atoms with Crippen molar-refractivity contribution in [1.29, 1.82) is 0 Å². The lowest BCUT2D eigenvalue weighted by Crippen LogP contribution is -2.09. The van der Waals surface area contributed by atoms with Gasteiger partial charge >= 0.3 is 0 Å². The van der Waals surface area contributed by atoms with Gasteiger partial charge in [0.1, 0.15) is 5.75 Å². The molecule has 0 fully saturated rings. The van der Waals surface area contributed by atoms with Crippen LogP contribution in [-0.2, 0) is 0 Å². The molecule has 6 heteroatoms. The monoisotopic (exact) mass is 317 g/mol. The van der Waals surface area contributed by atoms with Crippen LogP contribution in [0.25, 0.3) is 22.0 Å². The minimum atomic E-state index is -0.223. The summed E-state index contributed by atoms with van der Waals surface area (Å²) in [7, 11) is 3.45. The van der Waals surface area contributed by atoms with Crippen molar-refractivity contribution in [3.05, 3.63) is 52.8 Å². The summed E-state index contributed by atoms with van der Waals surface area (Å²) in [5.74, 6) is 0.649. The van der Waals surface area contributed by atoms with Crippen LogP contribution >= 0.6 is 12.4 Å². The van der Waals surface area contributed by atoms with Crippen molar-refractivity contribution in [3.63, 3.8) is 0 Å². The second-order valence-corrected chi connectivity index (χ2v) is 4.64. The Morgan fingerprint density at radius 3 is 2.45 bits per heavy atom. The summed E-state index contributed by atoms with van der Waals surface area (Å²) >= 11 is 0. The quantitative estimate of drug-likeness (QED) is 0.779. The Hall–Kier alpha value is -2.53. The first-order valence-electron chi connectivity index (χ1n) is 6.57. The standard InChI is InChI=1S/C16H15N3O2.ClH/c1-17-11-5-3-10(4-6-11)15-13-8-7-12(21-2)9-14(13)16(20)19-18-15;/h3-9,17H,1-2H3,(H,19,20);1H. The number of halogens is 1. The lowest BCUT2D eigenvalue weighted by Gasteiger charge is -2.07. The van der Waals surface area contributed by atoms with Crippen LogP contribution < -0.4 is 15.6 Å². The van der Waals surface area contributed by atoms with Gasteiger partial charge in [-0.15, -0.1) is 12.4 Å². The third-order valence-electron chi connectivity index (χ3n) is 3.44. The molecule has 0 amide bonds. The maximum absolute atomic E-state index is 11.9. The van der Waals surface area contributed by atoms with E-state index in [2.05, 4.69) is 15.5 Å².